The molecule has 5 nitrogen and oxygen atoms in total. The van der Waals surface area contributed by atoms with Gasteiger partial charge in [-0.2, -0.15) is 0 Å². The molecule has 0 N–H and O–H groups in total. The van der Waals surface area contributed by atoms with Gasteiger partial charge in [0.05, 0.1) is 12.1 Å². The lowest BCUT2D eigenvalue weighted by molar-refractivity contribution is -0.117. The number of anilines is 2. The Morgan fingerprint density at radius 3 is 2.37 bits per heavy atom. The van der Waals surface area contributed by atoms with Gasteiger partial charge in [0.2, 0.25) is 5.91 Å². The van der Waals surface area contributed by atoms with E-state index >= 15 is 0 Å². The van der Waals surface area contributed by atoms with Crippen LogP contribution in [0.5, 0.6) is 0 Å². The molecule has 2 amide bonds. The number of carbonyl (C=O) groups is 2. The average Bonchev–Trinajstić information content (AvgIpc) is 3.26. The summed E-state index contributed by atoms with van der Waals surface area (Å²) in [5.41, 5.74) is 4.82. The van der Waals surface area contributed by atoms with Crippen molar-refractivity contribution < 1.29 is 14.0 Å². The number of rotatable bonds is 2. The van der Waals surface area contributed by atoms with Gasteiger partial charge in [0.1, 0.15) is 5.82 Å². The Labute approximate surface area is 157 Å². The quantitative estimate of drug-likeness (QED) is 0.820. The van der Waals surface area contributed by atoms with E-state index in [9.17, 15) is 14.0 Å². The number of amides is 2. The van der Waals surface area contributed by atoms with Crippen LogP contribution in [0.15, 0.2) is 36.4 Å². The Morgan fingerprint density at radius 2 is 1.63 bits per heavy atom. The third kappa shape index (κ3) is 2.67. The molecule has 0 radical (unpaired) electrons. The van der Waals surface area contributed by atoms with Crippen molar-refractivity contribution in [3.63, 3.8) is 0 Å². The molecule has 2 aromatic rings. The minimum Gasteiger partial charge on any atom is -0.368 e. The number of nitrogens with zero attached hydrogens (tertiary/aromatic N) is 3. The summed E-state index contributed by atoms with van der Waals surface area (Å²) in [6.45, 7) is 3.44. The van der Waals surface area contributed by atoms with Crippen LogP contribution in [0.4, 0.5) is 15.8 Å². The fourth-order valence-corrected chi connectivity index (χ4v) is 4.41. The molecular weight excluding hydrogens is 345 g/mol. The number of piperazine rings is 1. The van der Waals surface area contributed by atoms with E-state index < -0.39 is 0 Å². The Morgan fingerprint density at radius 1 is 0.926 bits per heavy atom. The summed E-state index contributed by atoms with van der Waals surface area (Å²) < 4.78 is 13.1. The fourth-order valence-electron chi connectivity index (χ4n) is 4.41. The smallest absolute Gasteiger partial charge is 0.253 e. The molecular formula is C21H20FN3O2. The molecule has 5 rings (SSSR count). The van der Waals surface area contributed by atoms with E-state index in [1.807, 2.05) is 21.9 Å². The second-order valence-corrected chi connectivity index (χ2v) is 7.37. The number of benzene rings is 2. The highest BCUT2D eigenvalue weighted by Crippen LogP contribution is 2.38. The summed E-state index contributed by atoms with van der Waals surface area (Å²) in [4.78, 5) is 31.0. The van der Waals surface area contributed by atoms with Crippen molar-refractivity contribution in [2.24, 2.45) is 0 Å². The van der Waals surface area contributed by atoms with Crippen molar-refractivity contribution in [3.05, 3.63) is 58.9 Å². The van der Waals surface area contributed by atoms with Crippen LogP contribution in [0.25, 0.3) is 0 Å². The first kappa shape index (κ1) is 16.3. The summed E-state index contributed by atoms with van der Waals surface area (Å²) in [5, 5.41) is 0. The number of hydrogen-bond donors (Lipinski definition) is 0. The lowest BCUT2D eigenvalue weighted by atomic mass is 10.0. The first-order chi connectivity index (χ1) is 13.1. The summed E-state index contributed by atoms with van der Waals surface area (Å²) >= 11 is 0. The van der Waals surface area contributed by atoms with Crippen LogP contribution < -0.4 is 9.80 Å². The zero-order chi connectivity index (χ0) is 18.5. The molecule has 1 saturated heterocycles. The van der Waals surface area contributed by atoms with Crippen LogP contribution in [0.1, 0.15) is 21.5 Å². The minimum absolute atomic E-state index is 0.0330. The first-order valence-corrected chi connectivity index (χ1v) is 9.36. The van der Waals surface area contributed by atoms with E-state index in [2.05, 4.69) is 4.90 Å². The lowest BCUT2D eigenvalue weighted by Gasteiger charge is -2.36. The first-order valence-electron chi connectivity index (χ1n) is 9.36. The number of halogens is 1. The van der Waals surface area contributed by atoms with E-state index in [1.54, 1.807) is 12.1 Å². The predicted molar refractivity (Wildman–Crippen MR) is 101 cm³/mol. The molecule has 3 heterocycles. The minimum atomic E-state index is -0.241. The molecule has 3 aliphatic rings. The van der Waals surface area contributed by atoms with Crippen LogP contribution in [-0.2, 0) is 17.6 Å². The van der Waals surface area contributed by atoms with Crippen LogP contribution in [-0.4, -0.2) is 49.4 Å². The van der Waals surface area contributed by atoms with Gasteiger partial charge in [0.25, 0.3) is 5.91 Å². The van der Waals surface area contributed by atoms with Gasteiger partial charge in [0.15, 0.2) is 0 Å². The van der Waals surface area contributed by atoms with Crippen LogP contribution in [0.3, 0.4) is 0 Å². The molecule has 138 valence electrons. The van der Waals surface area contributed by atoms with Crippen LogP contribution >= 0.6 is 0 Å². The molecule has 0 unspecified atom stereocenters. The molecule has 0 bridgehead atoms. The Bertz CT molecular complexity index is 933. The van der Waals surface area contributed by atoms with Gasteiger partial charge in [0, 0.05) is 44.0 Å². The van der Waals surface area contributed by atoms with Crippen LogP contribution in [0, 0.1) is 5.82 Å². The summed E-state index contributed by atoms with van der Waals surface area (Å²) in [5.74, 6) is -0.0683. The topological polar surface area (TPSA) is 43.9 Å². The molecule has 2 aromatic carbocycles. The summed E-state index contributed by atoms with van der Waals surface area (Å²) in [6.07, 6.45) is 1.23. The summed E-state index contributed by atoms with van der Waals surface area (Å²) in [7, 11) is 0. The molecule has 0 atom stereocenters. The normalized spacial score (nSPS) is 18.3. The monoisotopic (exact) mass is 365 g/mol. The van der Waals surface area contributed by atoms with Crippen LogP contribution in [0.2, 0.25) is 0 Å². The van der Waals surface area contributed by atoms with E-state index in [0.717, 1.165) is 48.6 Å². The van der Waals surface area contributed by atoms with E-state index in [-0.39, 0.29) is 17.6 Å². The highest BCUT2D eigenvalue weighted by Gasteiger charge is 2.35. The standard InChI is InChI=1S/C21H20FN3O2/c22-17-1-3-18(4-2-17)23-7-9-24(10-8-23)21(27)16-11-14-5-6-25-19(26)13-15(12-16)20(14)25/h1-4,11-12H,5-10,13H2. The third-order valence-electron chi connectivity index (χ3n) is 5.79. The molecule has 0 aliphatic carbocycles. The van der Waals surface area contributed by atoms with E-state index in [1.165, 1.54) is 12.1 Å². The van der Waals surface area contributed by atoms with Gasteiger partial charge in [-0.1, -0.05) is 0 Å². The zero-order valence-electron chi connectivity index (χ0n) is 14.9. The molecule has 0 aromatic heterocycles. The second kappa shape index (κ2) is 6.08. The fraction of sp³-hybridized carbons (Fsp3) is 0.333. The van der Waals surface area contributed by atoms with Gasteiger partial charge >= 0.3 is 0 Å². The van der Waals surface area contributed by atoms with E-state index in [4.69, 9.17) is 0 Å². The van der Waals surface area contributed by atoms with Gasteiger partial charge < -0.3 is 14.7 Å². The number of carbonyl (C=O) groups excluding carboxylic acids is 2. The molecule has 6 heteroatoms. The van der Waals surface area contributed by atoms with Crippen molar-refractivity contribution in [1.82, 2.24) is 4.90 Å². The van der Waals surface area contributed by atoms with Gasteiger partial charge in [-0.3, -0.25) is 9.59 Å². The highest BCUT2D eigenvalue weighted by molar-refractivity contribution is 6.05. The average molecular weight is 365 g/mol. The second-order valence-electron chi connectivity index (χ2n) is 7.37. The highest BCUT2D eigenvalue weighted by atomic mass is 19.1. The van der Waals surface area contributed by atoms with Gasteiger partial charge in [-0.25, -0.2) is 4.39 Å². The third-order valence-corrected chi connectivity index (χ3v) is 5.79. The van der Waals surface area contributed by atoms with Crippen molar-refractivity contribution in [2.75, 3.05) is 42.5 Å². The largest absolute Gasteiger partial charge is 0.368 e. The molecule has 3 aliphatic heterocycles. The lowest BCUT2D eigenvalue weighted by Crippen LogP contribution is -2.48. The summed E-state index contributed by atoms with van der Waals surface area (Å²) in [6, 6.07) is 10.3. The van der Waals surface area contributed by atoms with Gasteiger partial charge in [-0.05, 0) is 53.9 Å². The molecule has 27 heavy (non-hydrogen) atoms. The predicted octanol–water partition coefficient (Wildman–Crippen LogP) is 2.23. The molecule has 0 spiro atoms. The van der Waals surface area contributed by atoms with Crippen molar-refractivity contribution in [2.45, 2.75) is 12.8 Å². The van der Waals surface area contributed by atoms with E-state index in [0.29, 0.717) is 25.1 Å². The number of hydrogen-bond acceptors (Lipinski definition) is 3. The maximum absolute atomic E-state index is 13.1. The Kier molecular flexibility index (Phi) is 3.67. The maximum atomic E-state index is 13.1. The Balaban J connectivity index is 1.31. The maximum Gasteiger partial charge on any atom is 0.253 e. The van der Waals surface area contributed by atoms with Gasteiger partial charge in [-0.15, -0.1) is 0 Å². The SMILES string of the molecule is O=C(c1cc2c3c(c1)CC(=O)N3CC2)N1CCN(c2ccc(F)cc2)CC1. The van der Waals surface area contributed by atoms with Crippen molar-refractivity contribution in [1.29, 1.82) is 0 Å². The molecule has 1 fully saturated rings. The molecule has 0 saturated carbocycles. The Hall–Kier alpha value is -2.89. The van der Waals surface area contributed by atoms with Crippen molar-refractivity contribution >= 4 is 23.2 Å². The zero-order valence-corrected chi connectivity index (χ0v) is 14.9. The van der Waals surface area contributed by atoms with Crippen molar-refractivity contribution in [3.8, 4) is 0 Å².